The molecular formula is C22H38IN5O. The van der Waals surface area contributed by atoms with Gasteiger partial charge in [0.15, 0.2) is 5.96 Å². The summed E-state index contributed by atoms with van der Waals surface area (Å²) in [5.41, 5.74) is 1.37. The van der Waals surface area contributed by atoms with Gasteiger partial charge in [0.1, 0.15) is 0 Å². The van der Waals surface area contributed by atoms with Gasteiger partial charge in [-0.1, -0.05) is 32.8 Å². The van der Waals surface area contributed by atoms with Gasteiger partial charge < -0.3 is 15.5 Å². The summed E-state index contributed by atoms with van der Waals surface area (Å²) < 4.78 is 0. The molecule has 1 heterocycles. The molecule has 29 heavy (non-hydrogen) atoms. The van der Waals surface area contributed by atoms with Crippen molar-refractivity contribution in [3.63, 3.8) is 0 Å². The van der Waals surface area contributed by atoms with E-state index in [0.717, 1.165) is 18.7 Å². The molecule has 0 radical (unpaired) electrons. The van der Waals surface area contributed by atoms with Gasteiger partial charge in [-0.15, -0.1) is 24.0 Å². The van der Waals surface area contributed by atoms with Crippen molar-refractivity contribution in [1.29, 1.82) is 0 Å². The van der Waals surface area contributed by atoms with E-state index in [1.165, 1.54) is 32.1 Å². The summed E-state index contributed by atoms with van der Waals surface area (Å²) in [4.78, 5) is 22.8. The third kappa shape index (κ3) is 8.88. The number of halogens is 1. The zero-order valence-corrected chi connectivity index (χ0v) is 20.7. The number of hydrogen-bond acceptors (Lipinski definition) is 3. The fourth-order valence-corrected chi connectivity index (χ4v) is 4.18. The van der Waals surface area contributed by atoms with E-state index in [1.807, 2.05) is 25.2 Å². The van der Waals surface area contributed by atoms with Crippen molar-refractivity contribution in [2.75, 3.05) is 33.7 Å². The van der Waals surface area contributed by atoms with Crippen LogP contribution in [0.3, 0.4) is 0 Å². The Morgan fingerprint density at radius 2 is 2.00 bits per heavy atom. The Morgan fingerprint density at radius 1 is 1.28 bits per heavy atom. The van der Waals surface area contributed by atoms with Gasteiger partial charge in [-0.05, 0) is 42.7 Å². The smallest absolute Gasteiger partial charge is 0.241 e. The van der Waals surface area contributed by atoms with Crippen LogP contribution in [-0.4, -0.2) is 55.5 Å². The Balaban J connectivity index is 0.00000420. The van der Waals surface area contributed by atoms with Crippen LogP contribution in [0.1, 0.15) is 51.6 Å². The predicted molar refractivity (Wildman–Crippen MR) is 131 cm³/mol. The quantitative estimate of drug-likeness (QED) is 0.300. The summed E-state index contributed by atoms with van der Waals surface area (Å²) in [5.74, 6) is 1.46. The van der Waals surface area contributed by atoms with E-state index < -0.39 is 0 Å². The average Bonchev–Trinajstić information content (AvgIpc) is 3.14. The molecule has 0 atom stereocenters. The normalized spacial score (nSPS) is 15.7. The Hall–Kier alpha value is -1.38. The fraction of sp³-hybridized carbons (Fsp3) is 0.682. The zero-order valence-electron chi connectivity index (χ0n) is 18.4. The third-order valence-corrected chi connectivity index (χ3v) is 5.62. The molecule has 0 aliphatic heterocycles. The topological polar surface area (TPSA) is 69.6 Å². The first kappa shape index (κ1) is 25.7. The van der Waals surface area contributed by atoms with Crippen LogP contribution in [0.15, 0.2) is 29.4 Å². The van der Waals surface area contributed by atoms with Gasteiger partial charge in [0.2, 0.25) is 5.91 Å². The maximum atomic E-state index is 12.4. The zero-order chi connectivity index (χ0) is 20.4. The molecule has 0 spiro atoms. The van der Waals surface area contributed by atoms with E-state index in [-0.39, 0.29) is 36.4 Å². The Labute approximate surface area is 193 Å². The van der Waals surface area contributed by atoms with Gasteiger partial charge in [0, 0.05) is 45.5 Å². The minimum atomic E-state index is 0. The molecule has 1 aromatic heterocycles. The number of nitrogens with one attached hydrogen (secondary N) is 2. The molecule has 1 fully saturated rings. The number of carbonyl (C=O) groups excluding carboxylic acids is 1. The van der Waals surface area contributed by atoms with E-state index in [2.05, 4.69) is 34.5 Å². The molecular weight excluding hydrogens is 477 g/mol. The molecule has 0 aromatic carbocycles. The summed E-state index contributed by atoms with van der Waals surface area (Å²) >= 11 is 0. The van der Waals surface area contributed by atoms with Crippen LogP contribution in [0.25, 0.3) is 0 Å². The molecule has 0 bridgehead atoms. The number of likely N-dealkylation sites (N-methyl/N-ethyl adjacent to an activating group) is 1. The number of hydrogen-bond donors (Lipinski definition) is 2. The van der Waals surface area contributed by atoms with Gasteiger partial charge in [-0.3, -0.25) is 14.8 Å². The molecule has 1 saturated carbocycles. The van der Waals surface area contributed by atoms with Gasteiger partial charge in [-0.25, -0.2) is 0 Å². The summed E-state index contributed by atoms with van der Waals surface area (Å²) in [5, 5.41) is 6.64. The number of nitrogens with zero attached hydrogens (tertiary/aromatic N) is 3. The van der Waals surface area contributed by atoms with Gasteiger partial charge >= 0.3 is 0 Å². The second-order valence-electron chi connectivity index (χ2n) is 8.47. The highest BCUT2D eigenvalue weighted by molar-refractivity contribution is 14.0. The van der Waals surface area contributed by atoms with Crippen LogP contribution < -0.4 is 10.6 Å². The highest BCUT2D eigenvalue weighted by Crippen LogP contribution is 2.42. The average molecular weight is 515 g/mol. The van der Waals surface area contributed by atoms with E-state index >= 15 is 0 Å². The lowest BCUT2D eigenvalue weighted by Crippen LogP contribution is -2.47. The summed E-state index contributed by atoms with van der Waals surface area (Å²) in [6.45, 7) is 6.42. The monoisotopic (exact) mass is 515 g/mol. The molecule has 1 aliphatic rings. The number of guanidine groups is 1. The second kappa shape index (κ2) is 13.0. The lowest BCUT2D eigenvalue weighted by molar-refractivity contribution is -0.128. The van der Waals surface area contributed by atoms with Crippen molar-refractivity contribution in [1.82, 2.24) is 20.5 Å². The number of rotatable bonds is 9. The minimum Gasteiger partial charge on any atom is -0.356 e. The molecule has 2 rings (SSSR count). The van der Waals surface area contributed by atoms with Gasteiger partial charge in [0.25, 0.3) is 0 Å². The van der Waals surface area contributed by atoms with Crippen molar-refractivity contribution < 1.29 is 4.79 Å². The van der Waals surface area contributed by atoms with E-state index in [4.69, 9.17) is 0 Å². The van der Waals surface area contributed by atoms with Crippen LogP contribution in [0.4, 0.5) is 0 Å². The molecule has 0 unspecified atom stereocenters. The van der Waals surface area contributed by atoms with Gasteiger partial charge in [-0.2, -0.15) is 0 Å². The number of pyridine rings is 1. The maximum Gasteiger partial charge on any atom is 0.241 e. The van der Waals surface area contributed by atoms with Crippen LogP contribution in [0.5, 0.6) is 0 Å². The van der Waals surface area contributed by atoms with Crippen molar-refractivity contribution in [3.8, 4) is 0 Å². The number of aliphatic imine (C=N–C) groups is 1. The second-order valence-corrected chi connectivity index (χ2v) is 8.47. The summed E-state index contributed by atoms with van der Waals surface area (Å²) in [6.07, 6.45) is 8.99. The first-order valence-electron chi connectivity index (χ1n) is 10.5. The molecule has 164 valence electrons. The lowest BCUT2D eigenvalue weighted by atomic mass is 9.78. The van der Waals surface area contributed by atoms with Crippen molar-refractivity contribution >= 4 is 35.8 Å². The SMILES string of the molecule is CN=C(NCC(=O)N(C)CCc1ccccn1)NCC1(CC(C)C)CCCC1.I. The predicted octanol–water partition coefficient (Wildman–Crippen LogP) is 3.47. The van der Waals surface area contributed by atoms with Crippen LogP contribution >= 0.6 is 24.0 Å². The highest BCUT2D eigenvalue weighted by Gasteiger charge is 2.34. The first-order chi connectivity index (χ1) is 13.4. The van der Waals surface area contributed by atoms with Crippen LogP contribution in [0, 0.1) is 11.3 Å². The highest BCUT2D eigenvalue weighted by atomic mass is 127. The molecule has 7 heteroatoms. The summed E-state index contributed by atoms with van der Waals surface area (Å²) in [7, 11) is 3.59. The lowest BCUT2D eigenvalue weighted by Gasteiger charge is -2.32. The van der Waals surface area contributed by atoms with E-state index in [9.17, 15) is 4.79 Å². The molecule has 6 nitrogen and oxygen atoms in total. The van der Waals surface area contributed by atoms with E-state index in [0.29, 0.717) is 23.8 Å². The minimum absolute atomic E-state index is 0. The van der Waals surface area contributed by atoms with Crippen molar-refractivity contribution in [2.24, 2.45) is 16.3 Å². The maximum absolute atomic E-state index is 12.4. The van der Waals surface area contributed by atoms with E-state index in [1.54, 1.807) is 18.1 Å². The largest absolute Gasteiger partial charge is 0.356 e. The molecule has 1 aliphatic carbocycles. The molecule has 0 saturated heterocycles. The molecule has 1 amide bonds. The summed E-state index contributed by atoms with van der Waals surface area (Å²) in [6, 6.07) is 5.86. The van der Waals surface area contributed by atoms with Crippen molar-refractivity contribution in [3.05, 3.63) is 30.1 Å². The van der Waals surface area contributed by atoms with Crippen LogP contribution in [0.2, 0.25) is 0 Å². The number of amides is 1. The molecule has 1 aromatic rings. The fourth-order valence-electron chi connectivity index (χ4n) is 4.18. The van der Waals surface area contributed by atoms with Crippen molar-refractivity contribution in [2.45, 2.75) is 52.4 Å². The third-order valence-electron chi connectivity index (χ3n) is 5.62. The Bertz CT molecular complexity index is 629. The first-order valence-corrected chi connectivity index (χ1v) is 10.5. The standard InChI is InChI=1S/C22H37N5O.HI/c1-18(2)15-22(11-6-7-12-22)17-26-21(23-3)25-16-20(28)27(4)14-10-19-9-5-8-13-24-19;/h5,8-9,13,18H,6-7,10-12,14-17H2,1-4H3,(H2,23,25,26);1H. The Kier molecular flexibility index (Phi) is 11.5. The van der Waals surface area contributed by atoms with Gasteiger partial charge in [0.05, 0.1) is 6.54 Å². The molecule has 2 N–H and O–H groups in total. The number of carbonyl (C=O) groups is 1. The Morgan fingerprint density at radius 3 is 2.59 bits per heavy atom. The van der Waals surface area contributed by atoms with Crippen LogP contribution in [-0.2, 0) is 11.2 Å². The number of aromatic nitrogens is 1.